The summed E-state index contributed by atoms with van der Waals surface area (Å²) in [6.07, 6.45) is 0. The molecule has 106 valence electrons. The molecule has 0 bridgehead atoms. The van der Waals surface area contributed by atoms with Crippen LogP contribution in [-0.4, -0.2) is 40.7 Å². The van der Waals surface area contributed by atoms with E-state index >= 15 is 0 Å². The fourth-order valence-corrected chi connectivity index (χ4v) is 2.40. The van der Waals surface area contributed by atoms with Crippen LogP contribution in [0.15, 0.2) is 0 Å². The summed E-state index contributed by atoms with van der Waals surface area (Å²) < 4.78 is 16.2. The van der Waals surface area contributed by atoms with Crippen LogP contribution < -0.4 is 5.32 Å². The summed E-state index contributed by atoms with van der Waals surface area (Å²) in [4.78, 5) is 22.7. The second-order valence-electron chi connectivity index (χ2n) is 4.78. The van der Waals surface area contributed by atoms with Crippen molar-refractivity contribution < 1.29 is 18.5 Å². The molecule has 0 radical (unpaired) electrons. The molecule has 0 aromatic rings. The van der Waals surface area contributed by atoms with E-state index in [4.69, 9.17) is 0 Å². The van der Waals surface area contributed by atoms with Crippen LogP contribution in [-0.2, 0) is 25.1 Å². The van der Waals surface area contributed by atoms with Gasteiger partial charge in [-0.3, -0.25) is 13.8 Å². The van der Waals surface area contributed by atoms with Crippen molar-refractivity contribution in [1.82, 2.24) is 5.32 Å². The fraction of sp³-hybridized carbons (Fsp3) is 0.833. The first-order valence-electron chi connectivity index (χ1n) is 6.00. The van der Waals surface area contributed by atoms with E-state index in [0.29, 0.717) is 5.92 Å². The van der Waals surface area contributed by atoms with Gasteiger partial charge in [0.15, 0.2) is 0 Å². The Labute approximate surface area is 111 Å². The normalized spacial score (nSPS) is 15.9. The minimum absolute atomic E-state index is 0.0486. The molecule has 18 heavy (non-hydrogen) atoms. The van der Waals surface area contributed by atoms with Crippen LogP contribution in [0.3, 0.4) is 0 Å². The molecule has 0 heterocycles. The molecule has 0 aromatic heterocycles. The van der Waals surface area contributed by atoms with Crippen LogP contribution in [0.4, 0.5) is 0 Å². The third kappa shape index (κ3) is 6.74. The van der Waals surface area contributed by atoms with Crippen molar-refractivity contribution in [2.24, 2.45) is 11.8 Å². The zero-order valence-electron chi connectivity index (χ0n) is 11.7. The van der Waals surface area contributed by atoms with Gasteiger partial charge in [-0.15, -0.1) is 0 Å². The Morgan fingerprint density at radius 3 is 2.22 bits per heavy atom. The van der Waals surface area contributed by atoms with Gasteiger partial charge >= 0.3 is 5.97 Å². The number of carbonyl (C=O) groups is 2. The van der Waals surface area contributed by atoms with Crippen molar-refractivity contribution in [3.8, 4) is 0 Å². The molecule has 0 aliphatic heterocycles. The number of hydrogen-bond acceptors (Lipinski definition) is 4. The Kier molecular flexibility index (Phi) is 7.82. The lowest BCUT2D eigenvalue weighted by Gasteiger charge is -2.17. The second kappa shape index (κ2) is 8.24. The molecule has 0 rings (SSSR count). The van der Waals surface area contributed by atoms with Crippen molar-refractivity contribution in [3.05, 3.63) is 0 Å². The van der Waals surface area contributed by atoms with Gasteiger partial charge in [0, 0.05) is 22.6 Å². The molecule has 0 aliphatic carbocycles. The highest BCUT2D eigenvalue weighted by Gasteiger charge is 2.19. The molecule has 1 N–H and O–H groups in total. The number of carbonyl (C=O) groups excluding carboxylic acids is 2. The van der Waals surface area contributed by atoms with E-state index in [1.54, 1.807) is 6.92 Å². The maximum atomic E-state index is 11.7. The third-order valence-corrected chi connectivity index (χ3v) is 4.18. The van der Waals surface area contributed by atoms with Crippen LogP contribution in [0, 0.1) is 11.8 Å². The quantitative estimate of drug-likeness (QED) is 0.695. The van der Waals surface area contributed by atoms with Gasteiger partial charge in [-0.1, -0.05) is 20.8 Å². The molecule has 3 unspecified atom stereocenters. The molecule has 0 aromatic carbocycles. The fourth-order valence-electron chi connectivity index (χ4n) is 1.22. The number of amides is 1. The summed E-state index contributed by atoms with van der Waals surface area (Å²) >= 11 is 0. The van der Waals surface area contributed by atoms with E-state index in [1.807, 2.05) is 20.8 Å². The molecular formula is C12H23NO4S. The zero-order chi connectivity index (χ0) is 14.3. The number of methoxy groups -OCH3 is 1. The van der Waals surface area contributed by atoms with Crippen molar-refractivity contribution in [3.63, 3.8) is 0 Å². The molecule has 0 aliphatic rings. The Morgan fingerprint density at radius 1 is 1.22 bits per heavy atom. The molecule has 0 spiro atoms. The summed E-state index contributed by atoms with van der Waals surface area (Å²) in [7, 11) is -0.0545. The van der Waals surface area contributed by atoms with Crippen molar-refractivity contribution in [2.45, 2.75) is 33.7 Å². The maximum absolute atomic E-state index is 11.7. The van der Waals surface area contributed by atoms with E-state index in [0.717, 1.165) is 0 Å². The average Bonchev–Trinajstić information content (AvgIpc) is 2.26. The van der Waals surface area contributed by atoms with Gasteiger partial charge < -0.3 is 10.1 Å². The van der Waals surface area contributed by atoms with Crippen molar-refractivity contribution in [2.75, 3.05) is 18.6 Å². The van der Waals surface area contributed by atoms with Gasteiger partial charge in [0.25, 0.3) is 0 Å². The highest BCUT2D eigenvalue weighted by Crippen LogP contribution is 2.02. The van der Waals surface area contributed by atoms with E-state index in [2.05, 4.69) is 10.1 Å². The lowest BCUT2D eigenvalue weighted by Crippen LogP contribution is -2.39. The highest BCUT2D eigenvalue weighted by molar-refractivity contribution is 7.85. The van der Waals surface area contributed by atoms with E-state index in [1.165, 1.54) is 7.11 Å². The SMILES string of the molecule is COC(=O)C(C)CS(=O)CC(=O)NC(C)C(C)C. The smallest absolute Gasteiger partial charge is 0.309 e. The van der Waals surface area contributed by atoms with Gasteiger partial charge in [0.05, 0.1) is 13.0 Å². The number of esters is 1. The molecule has 0 saturated heterocycles. The topological polar surface area (TPSA) is 72.5 Å². The first-order valence-corrected chi connectivity index (χ1v) is 7.48. The predicted molar refractivity (Wildman–Crippen MR) is 71.5 cm³/mol. The van der Waals surface area contributed by atoms with Crippen LogP contribution in [0.25, 0.3) is 0 Å². The summed E-state index contributed by atoms with van der Waals surface area (Å²) in [5.41, 5.74) is 0. The molecule has 1 amide bonds. The monoisotopic (exact) mass is 277 g/mol. The zero-order valence-corrected chi connectivity index (χ0v) is 12.5. The Bertz CT molecular complexity index is 317. The van der Waals surface area contributed by atoms with E-state index < -0.39 is 22.7 Å². The van der Waals surface area contributed by atoms with Crippen LogP contribution >= 0.6 is 0 Å². The first-order chi connectivity index (χ1) is 8.27. The molecular weight excluding hydrogens is 254 g/mol. The predicted octanol–water partition coefficient (Wildman–Crippen LogP) is 0.705. The number of rotatable bonds is 7. The maximum Gasteiger partial charge on any atom is 0.309 e. The Hall–Kier alpha value is -0.910. The summed E-state index contributed by atoms with van der Waals surface area (Å²) in [6.45, 7) is 7.55. The van der Waals surface area contributed by atoms with Gasteiger partial charge in [-0.25, -0.2) is 0 Å². The van der Waals surface area contributed by atoms with Crippen molar-refractivity contribution in [1.29, 1.82) is 0 Å². The van der Waals surface area contributed by atoms with Crippen LogP contribution in [0.1, 0.15) is 27.7 Å². The lowest BCUT2D eigenvalue weighted by atomic mass is 10.1. The third-order valence-electron chi connectivity index (χ3n) is 2.72. The van der Waals surface area contributed by atoms with Gasteiger partial charge in [-0.05, 0) is 12.8 Å². The van der Waals surface area contributed by atoms with E-state index in [9.17, 15) is 13.8 Å². The Balaban J connectivity index is 4.09. The lowest BCUT2D eigenvalue weighted by molar-refractivity contribution is -0.144. The summed E-state index contributed by atoms with van der Waals surface area (Å²) in [6, 6.07) is 0.0486. The average molecular weight is 277 g/mol. The Morgan fingerprint density at radius 2 is 1.78 bits per heavy atom. The second-order valence-corrected chi connectivity index (χ2v) is 6.28. The summed E-state index contributed by atoms with van der Waals surface area (Å²) in [5, 5.41) is 2.78. The molecule has 0 saturated carbocycles. The largest absolute Gasteiger partial charge is 0.469 e. The van der Waals surface area contributed by atoms with Gasteiger partial charge in [0.2, 0.25) is 5.91 Å². The van der Waals surface area contributed by atoms with Gasteiger partial charge in [-0.2, -0.15) is 0 Å². The molecule has 5 nitrogen and oxygen atoms in total. The summed E-state index contributed by atoms with van der Waals surface area (Å²) in [5.74, 6) is -0.692. The standard InChI is InChI=1S/C12H23NO4S/c1-8(2)10(4)13-11(14)7-18(16)6-9(3)12(15)17-5/h8-10H,6-7H2,1-5H3,(H,13,14). The number of hydrogen-bond donors (Lipinski definition) is 1. The minimum atomic E-state index is -1.34. The van der Waals surface area contributed by atoms with Crippen LogP contribution in [0.2, 0.25) is 0 Å². The molecule has 3 atom stereocenters. The van der Waals surface area contributed by atoms with Gasteiger partial charge in [0.1, 0.15) is 5.75 Å². The van der Waals surface area contributed by atoms with Crippen molar-refractivity contribution >= 4 is 22.7 Å². The first kappa shape index (κ1) is 17.1. The highest BCUT2D eigenvalue weighted by atomic mass is 32.2. The molecule has 6 heteroatoms. The number of nitrogens with one attached hydrogen (secondary N) is 1. The van der Waals surface area contributed by atoms with E-state index in [-0.39, 0.29) is 23.5 Å². The molecule has 0 fully saturated rings. The van der Waals surface area contributed by atoms with Crippen LogP contribution in [0.5, 0.6) is 0 Å². The number of ether oxygens (including phenoxy) is 1. The minimum Gasteiger partial charge on any atom is -0.469 e.